The van der Waals surface area contributed by atoms with Gasteiger partial charge in [0.1, 0.15) is 11.4 Å². The average Bonchev–Trinajstić information content (AvgIpc) is 3.12. The molecule has 8 heteroatoms. The predicted octanol–water partition coefficient (Wildman–Crippen LogP) is 5.43. The molecule has 3 nitrogen and oxygen atoms in total. The number of thiophene rings is 1. The minimum atomic E-state index is -4.41. The second kappa shape index (κ2) is 6.49. The highest BCUT2D eigenvalue weighted by Gasteiger charge is 2.35. The van der Waals surface area contributed by atoms with Gasteiger partial charge in [-0.25, -0.2) is 0 Å². The third-order valence-electron chi connectivity index (χ3n) is 3.40. The maximum Gasteiger partial charge on any atom is 0.433 e. The first-order chi connectivity index (χ1) is 11.3. The largest absolute Gasteiger partial charge is 0.433 e. The molecule has 0 fully saturated rings. The third-order valence-corrected chi connectivity index (χ3v) is 4.76. The second-order valence-corrected chi connectivity index (χ2v) is 6.77. The fourth-order valence-corrected chi connectivity index (χ4v) is 3.25. The van der Waals surface area contributed by atoms with Crippen LogP contribution in [-0.4, -0.2) is 9.78 Å². The van der Waals surface area contributed by atoms with Gasteiger partial charge in [-0.15, -0.1) is 11.3 Å². The molecule has 24 heavy (non-hydrogen) atoms. The average molecular weight is 372 g/mol. The molecule has 0 spiro atoms. The Morgan fingerprint density at radius 2 is 1.88 bits per heavy atom. The van der Waals surface area contributed by atoms with E-state index in [1.807, 2.05) is 18.2 Å². The van der Waals surface area contributed by atoms with E-state index in [1.165, 1.54) is 18.4 Å². The molecule has 0 aliphatic heterocycles. The Bertz CT molecular complexity index is 837. The van der Waals surface area contributed by atoms with Crippen molar-refractivity contribution in [2.24, 2.45) is 7.05 Å². The van der Waals surface area contributed by atoms with Crippen LogP contribution in [0.1, 0.15) is 10.6 Å². The van der Waals surface area contributed by atoms with Crippen molar-refractivity contribution in [2.75, 3.05) is 5.32 Å². The van der Waals surface area contributed by atoms with Crippen LogP contribution < -0.4 is 5.32 Å². The van der Waals surface area contributed by atoms with Crippen LogP contribution in [0.25, 0.3) is 10.6 Å². The van der Waals surface area contributed by atoms with Crippen LogP contribution in [0.15, 0.2) is 42.5 Å². The van der Waals surface area contributed by atoms with Crippen LogP contribution in [0.4, 0.5) is 18.9 Å². The van der Waals surface area contributed by atoms with Crippen LogP contribution in [0, 0.1) is 0 Å². The van der Waals surface area contributed by atoms with E-state index in [0.29, 0.717) is 22.1 Å². The molecule has 0 saturated heterocycles. The number of hydrogen-bond donors (Lipinski definition) is 1. The number of nitrogens with zero attached hydrogens (tertiary/aromatic N) is 2. The second-order valence-electron chi connectivity index (χ2n) is 5.16. The molecule has 0 aliphatic carbocycles. The highest BCUT2D eigenvalue weighted by molar-refractivity contribution is 7.15. The molecule has 3 rings (SSSR count). The minimum Gasteiger partial charge on any atom is -0.380 e. The lowest BCUT2D eigenvalue weighted by molar-refractivity contribution is -0.143. The van der Waals surface area contributed by atoms with Gasteiger partial charge < -0.3 is 5.32 Å². The zero-order valence-corrected chi connectivity index (χ0v) is 14.1. The molecular formula is C16H13ClF3N3S. The first-order valence-corrected chi connectivity index (χ1v) is 8.22. The number of rotatable bonds is 4. The monoisotopic (exact) mass is 371 g/mol. The van der Waals surface area contributed by atoms with Crippen LogP contribution in [0.3, 0.4) is 0 Å². The van der Waals surface area contributed by atoms with Crippen molar-refractivity contribution in [3.8, 4) is 10.6 Å². The van der Waals surface area contributed by atoms with E-state index in [9.17, 15) is 13.2 Å². The fourth-order valence-electron chi connectivity index (χ4n) is 2.22. The molecule has 2 heterocycles. The van der Waals surface area contributed by atoms with E-state index in [0.717, 1.165) is 21.3 Å². The van der Waals surface area contributed by atoms with Gasteiger partial charge in [-0.05, 0) is 42.5 Å². The Morgan fingerprint density at radius 1 is 1.17 bits per heavy atom. The van der Waals surface area contributed by atoms with Crippen molar-refractivity contribution in [2.45, 2.75) is 12.7 Å². The number of nitrogens with one attached hydrogen (secondary N) is 1. The fraction of sp³-hybridized carbons (Fsp3) is 0.188. The van der Waals surface area contributed by atoms with E-state index in [1.54, 1.807) is 18.2 Å². The van der Waals surface area contributed by atoms with Crippen LogP contribution in [0.5, 0.6) is 0 Å². The van der Waals surface area contributed by atoms with Gasteiger partial charge in [-0.2, -0.15) is 18.3 Å². The van der Waals surface area contributed by atoms with Crippen LogP contribution in [-0.2, 0) is 19.8 Å². The summed E-state index contributed by atoms with van der Waals surface area (Å²) in [5.74, 6) is 0. The van der Waals surface area contributed by atoms with E-state index >= 15 is 0 Å². The number of aromatic nitrogens is 2. The maximum atomic E-state index is 12.8. The van der Waals surface area contributed by atoms with Crippen LogP contribution in [0.2, 0.25) is 5.02 Å². The Labute approximate surface area is 145 Å². The molecule has 126 valence electrons. The van der Waals surface area contributed by atoms with E-state index in [4.69, 9.17) is 11.6 Å². The number of alkyl halides is 3. The molecule has 0 atom stereocenters. The summed E-state index contributed by atoms with van der Waals surface area (Å²) in [5, 5.41) is 7.86. The molecule has 0 saturated carbocycles. The number of halogens is 4. The van der Waals surface area contributed by atoms with Crippen LogP contribution >= 0.6 is 22.9 Å². The molecule has 1 N–H and O–H groups in total. The summed E-state index contributed by atoms with van der Waals surface area (Å²) in [6.07, 6.45) is -4.41. The van der Waals surface area contributed by atoms with Gasteiger partial charge in [0, 0.05) is 29.2 Å². The van der Waals surface area contributed by atoms with E-state index < -0.39 is 11.9 Å². The number of anilines is 1. The molecule has 1 aromatic carbocycles. The molecule has 0 unspecified atom stereocenters. The number of benzene rings is 1. The van der Waals surface area contributed by atoms with Crippen molar-refractivity contribution in [1.82, 2.24) is 9.78 Å². The summed E-state index contributed by atoms with van der Waals surface area (Å²) in [6.45, 7) is 0.575. The van der Waals surface area contributed by atoms with Crippen molar-refractivity contribution < 1.29 is 13.2 Å². The van der Waals surface area contributed by atoms with Gasteiger partial charge in [0.25, 0.3) is 0 Å². The van der Waals surface area contributed by atoms with Gasteiger partial charge in [0.15, 0.2) is 0 Å². The predicted molar refractivity (Wildman–Crippen MR) is 90.3 cm³/mol. The van der Waals surface area contributed by atoms with Gasteiger partial charge >= 0.3 is 6.18 Å². The Morgan fingerprint density at radius 3 is 2.50 bits per heavy atom. The van der Waals surface area contributed by atoms with Gasteiger partial charge in [0.2, 0.25) is 0 Å². The molecule has 2 aromatic heterocycles. The molecule has 0 radical (unpaired) electrons. The normalized spacial score (nSPS) is 11.7. The summed E-state index contributed by atoms with van der Waals surface area (Å²) >= 11 is 7.24. The van der Waals surface area contributed by atoms with Gasteiger partial charge in [-0.1, -0.05) is 11.6 Å². The molecule has 0 amide bonds. The number of aryl methyl sites for hydroxylation is 1. The summed E-state index contributed by atoms with van der Waals surface area (Å²) in [4.78, 5) is 1.70. The SMILES string of the molecule is Cn1nc(-c2ccc(CNc3ccc(Cl)cc3)s2)cc1C(F)(F)F. The molecule has 0 bridgehead atoms. The zero-order valence-electron chi connectivity index (χ0n) is 12.6. The maximum absolute atomic E-state index is 12.8. The van der Waals surface area contributed by atoms with E-state index in [2.05, 4.69) is 10.4 Å². The Kier molecular flexibility index (Phi) is 4.56. The third kappa shape index (κ3) is 3.73. The van der Waals surface area contributed by atoms with Crippen molar-refractivity contribution in [1.29, 1.82) is 0 Å². The molecule has 0 aliphatic rings. The lowest BCUT2D eigenvalue weighted by Crippen LogP contribution is -2.11. The highest BCUT2D eigenvalue weighted by atomic mass is 35.5. The topological polar surface area (TPSA) is 29.9 Å². The first kappa shape index (κ1) is 16.9. The quantitative estimate of drug-likeness (QED) is 0.662. The minimum absolute atomic E-state index is 0.326. The first-order valence-electron chi connectivity index (χ1n) is 7.03. The standard InChI is InChI=1S/C16H13ClF3N3S/c1-23-15(16(18,19)20)8-13(22-23)14-7-6-12(24-14)9-21-11-4-2-10(17)3-5-11/h2-8,21H,9H2,1H3. The Hall–Kier alpha value is -1.99. The molecular weight excluding hydrogens is 359 g/mol. The lowest BCUT2D eigenvalue weighted by Gasteiger charge is -2.04. The van der Waals surface area contributed by atoms with Gasteiger partial charge in [0.05, 0.1) is 4.88 Å². The number of hydrogen-bond acceptors (Lipinski definition) is 3. The summed E-state index contributed by atoms with van der Waals surface area (Å²) < 4.78 is 39.4. The summed E-state index contributed by atoms with van der Waals surface area (Å²) in [5.41, 5.74) is 0.492. The Balaban J connectivity index is 1.72. The van der Waals surface area contributed by atoms with Crippen molar-refractivity contribution in [3.63, 3.8) is 0 Å². The summed E-state index contributed by atoms with van der Waals surface area (Å²) in [6, 6.07) is 12.0. The highest BCUT2D eigenvalue weighted by Crippen LogP contribution is 2.34. The van der Waals surface area contributed by atoms with Crippen molar-refractivity contribution in [3.05, 3.63) is 58.1 Å². The van der Waals surface area contributed by atoms with Crippen molar-refractivity contribution >= 4 is 28.6 Å². The van der Waals surface area contributed by atoms with Gasteiger partial charge in [-0.3, -0.25) is 4.68 Å². The smallest absolute Gasteiger partial charge is 0.380 e. The zero-order chi connectivity index (χ0) is 17.3. The van der Waals surface area contributed by atoms with E-state index in [-0.39, 0.29) is 0 Å². The summed E-state index contributed by atoms with van der Waals surface area (Å²) in [7, 11) is 1.29. The molecule has 3 aromatic rings. The lowest BCUT2D eigenvalue weighted by atomic mass is 10.3.